The van der Waals surface area contributed by atoms with Crippen molar-refractivity contribution in [1.29, 1.82) is 0 Å². The molecule has 5 heteroatoms. The first-order chi connectivity index (χ1) is 10.8. The number of nitrogens with zero attached hydrogens (tertiary/aromatic N) is 2. The maximum absolute atomic E-state index is 12.6. The minimum Gasteiger partial charge on any atom is -0.366 e. The summed E-state index contributed by atoms with van der Waals surface area (Å²) < 4.78 is 6.18. The Morgan fingerprint density at radius 3 is 2.95 bits per heavy atom. The normalized spacial score (nSPS) is 27.6. The maximum Gasteiger partial charge on any atom is 0.253 e. The summed E-state index contributed by atoms with van der Waals surface area (Å²) in [5.41, 5.74) is 0.760. The van der Waals surface area contributed by atoms with E-state index in [0.29, 0.717) is 12.5 Å². The van der Waals surface area contributed by atoms with Gasteiger partial charge in [-0.2, -0.15) is 0 Å². The van der Waals surface area contributed by atoms with Crippen molar-refractivity contribution < 1.29 is 9.53 Å². The molecule has 0 spiro atoms. The Balaban J connectivity index is 1.45. The molecule has 22 heavy (non-hydrogen) atoms. The van der Waals surface area contributed by atoms with Crippen molar-refractivity contribution in [1.82, 2.24) is 9.88 Å². The predicted molar refractivity (Wildman–Crippen MR) is 84.8 cm³/mol. The number of hydrogen-bond acceptors (Lipinski definition) is 4. The van der Waals surface area contributed by atoms with E-state index in [1.807, 2.05) is 46.8 Å². The van der Waals surface area contributed by atoms with Crippen LogP contribution in [0.2, 0.25) is 0 Å². The number of ether oxygens (including phenoxy) is 1. The fourth-order valence-electron chi connectivity index (χ4n) is 3.43. The fraction of sp³-hybridized carbons (Fsp3) is 0.412. The van der Waals surface area contributed by atoms with Crippen LogP contribution in [0.15, 0.2) is 41.9 Å². The highest BCUT2D eigenvalue weighted by atomic mass is 32.1. The molecule has 1 aromatic heterocycles. The molecule has 114 valence electrons. The smallest absolute Gasteiger partial charge is 0.253 e. The van der Waals surface area contributed by atoms with Gasteiger partial charge in [0.25, 0.3) is 5.91 Å². The standard InChI is InChI=1S/C17H18N2O2S/c20-17(12-4-2-1-3-5-12)19-8-6-13-10-14(21-15(13)11-19)16-18-7-9-22-16/h1-5,7,9,13-15H,6,8,10-11H2/t13-,14-,15+/m0/s1. The topological polar surface area (TPSA) is 42.4 Å². The largest absolute Gasteiger partial charge is 0.366 e. The molecule has 4 nitrogen and oxygen atoms in total. The van der Waals surface area contributed by atoms with Crippen LogP contribution in [0.5, 0.6) is 0 Å². The molecule has 3 atom stereocenters. The number of likely N-dealkylation sites (tertiary alicyclic amines) is 1. The van der Waals surface area contributed by atoms with Gasteiger partial charge in [-0.15, -0.1) is 11.3 Å². The summed E-state index contributed by atoms with van der Waals surface area (Å²) in [6.45, 7) is 1.52. The van der Waals surface area contributed by atoms with Crippen LogP contribution in [-0.2, 0) is 4.74 Å². The molecule has 0 aliphatic carbocycles. The minimum absolute atomic E-state index is 0.111. The highest BCUT2D eigenvalue weighted by Gasteiger charge is 2.41. The van der Waals surface area contributed by atoms with E-state index in [1.54, 1.807) is 11.3 Å². The van der Waals surface area contributed by atoms with Crippen LogP contribution < -0.4 is 0 Å². The molecule has 3 heterocycles. The Hall–Kier alpha value is -1.72. The SMILES string of the molecule is O=C(c1ccccc1)N1CC[C@H]2C[C@@H](c3nccs3)O[C@@H]2C1. The Labute approximate surface area is 133 Å². The third-order valence-corrected chi connectivity index (χ3v) is 5.45. The van der Waals surface area contributed by atoms with Crippen LogP contribution in [0.3, 0.4) is 0 Å². The Kier molecular flexibility index (Phi) is 3.68. The molecule has 2 aromatic rings. The molecule has 0 radical (unpaired) electrons. The molecule has 0 N–H and O–H groups in total. The number of fused-ring (bicyclic) bond motifs is 1. The lowest BCUT2D eigenvalue weighted by atomic mass is 9.91. The molecule has 1 amide bonds. The molecular formula is C17H18N2O2S. The van der Waals surface area contributed by atoms with Crippen LogP contribution in [0.4, 0.5) is 0 Å². The van der Waals surface area contributed by atoms with Crippen molar-refractivity contribution >= 4 is 17.2 Å². The number of rotatable bonds is 2. The monoisotopic (exact) mass is 314 g/mol. The molecule has 0 unspecified atom stereocenters. The van der Waals surface area contributed by atoms with Gasteiger partial charge in [0.15, 0.2) is 0 Å². The van der Waals surface area contributed by atoms with Crippen molar-refractivity contribution in [2.24, 2.45) is 5.92 Å². The number of thiazole rings is 1. The van der Waals surface area contributed by atoms with Gasteiger partial charge in [-0.05, 0) is 30.9 Å². The molecule has 2 aliphatic rings. The van der Waals surface area contributed by atoms with E-state index >= 15 is 0 Å². The highest BCUT2D eigenvalue weighted by molar-refractivity contribution is 7.09. The summed E-state index contributed by atoms with van der Waals surface area (Å²) in [5, 5.41) is 3.06. The summed E-state index contributed by atoms with van der Waals surface area (Å²) in [6.07, 6.45) is 4.14. The van der Waals surface area contributed by atoms with Gasteiger partial charge in [-0.1, -0.05) is 18.2 Å². The van der Waals surface area contributed by atoms with Gasteiger partial charge in [-0.25, -0.2) is 4.98 Å². The molecule has 2 aliphatic heterocycles. The second kappa shape index (κ2) is 5.82. The molecule has 0 bridgehead atoms. The van der Waals surface area contributed by atoms with Crippen molar-refractivity contribution in [3.63, 3.8) is 0 Å². The van der Waals surface area contributed by atoms with Crippen LogP contribution in [0, 0.1) is 5.92 Å². The van der Waals surface area contributed by atoms with Crippen molar-refractivity contribution in [2.45, 2.75) is 25.0 Å². The molecular weight excluding hydrogens is 296 g/mol. The Morgan fingerprint density at radius 2 is 2.18 bits per heavy atom. The molecule has 0 saturated carbocycles. The second-order valence-corrected chi connectivity index (χ2v) is 6.86. The summed E-state index contributed by atoms with van der Waals surface area (Å²) in [5.74, 6) is 0.661. The third kappa shape index (κ3) is 2.55. The fourth-order valence-corrected chi connectivity index (χ4v) is 4.12. The first-order valence-electron chi connectivity index (χ1n) is 7.70. The lowest BCUT2D eigenvalue weighted by Crippen LogP contribution is -2.45. The molecule has 2 saturated heterocycles. The Morgan fingerprint density at radius 1 is 1.32 bits per heavy atom. The van der Waals surface area contributed by atoms with E-state index < -0.39 is 0 Å². The first kappa shape index (κ1) is 13.9. The first-order valence-corrected chi connectivity index (χ1v) is 8.58. The highest BCUT2D eigenvalue weighted by Crippen LogP contribution is 2.41. The quantitative estimate of drug-likeness (QED) is 0.855. The van der Waals surface area contributed by atoms with Crippen LogP contribution >= 0.6 is 11.3 Å². The van der Waals surface area contributed by atoms with Gasteiger partial charge in [0, 0.05) is 30.2 Å². The average molecular weight is 314 g/mol. The average Bonchev–Trinajstić information content (AvgIpc) is 3.23. The summed E-state index contributed by atoms with van der Waals surface area (Å²) in [6, 6.07) is 9.50. The minimum atomic E-state index is 0.111. The zero-order valence-electron chi connectivity index (χ0n) is 12.2. The molecule has 2 fully saturated rings. The van der Waals surface area contributed by atoms with Gasteiger partial charge >= 0.3 is 0 Å². The van der Waals surface area contributed by atoms with Crippen molar-refractivity contribution in [3.05, 3.63) is 52.5 Å². The Bertz CT molecular complexity index is 644. The maximum atomic E-state index is 12.6. The number of amides is 1. The van der Waals surface area contributed by atoms with E-state index in [1.165, 1.54) is 0 Å². The van der Waals surface area contributed by atoms with Gasteiger partial charge in [0.05, 0.1) is 6.10 Å². The van der Waals surface area contributed by atoms with Crippen LogP contribution in [-0.4, -0.2) is 35.0 Å². The van der Waals surface area contributed by atoms with Gasteiger partial charge in [-0.3, -0.25) is 4.79 Å². The lowest BCUT2D eigenvalue weighted by molar-refractivity contribution is -0.00448. The van der Waals surface area contributed by atoms with Gasteiger partial charge < -0.3 is 9.64 Å². The van der Waals surface area contributed by atoms with Crippen molar-refractivity contribution in [2.75, 3.05) is 13.1 Å². The predicted octanol–water partition coefficient (Wildman–Crippen LogP) is 3.14. The second-order valence-electron chi connectivity index (χ2n) is 5.94. The number of carbonyl (C=O) groups excluding carboxylic acids is 1. The molecule has 1 aromatic carbocycles. The number of piperidine rings is 1. The van der Waals surface area contributed by atoms with Crippen LogP contribution in [0.25, 0.3) is 0 Å². The van der Waals surface area contributed by atoms with E-state index in [-0.39, 0.29) is 18.1 Å². The van der Waals surface area contributed by atoms with E-state index in [9.17, 15) is 4.79 Å². The number of aromatic nitrogens is 1. The van der Waals surface area contributed by atoms with E-state index in [2.05, 4.69) is 4.98 Å². The zero-order valence-corrected chi connectivity index (χ0v) is 13.0. The van der Waals surface area contributed by atoms with E-state index in [0.717, 1.165) is 30.0 Å². The summed E-state index contributed by atoms with van der Waals surface area (Å²) >= 11 is 1.65. The van der Waals surface area contributed by atoms with Gasteiger partial charge in [0.2, 0.25) is 0 Å². The number of hydrogen-bond donors (Lipinski definition) is 0. The van der Waals surface area contributed by atoms with E-state index in [4.69, 9.17) is 4.74 Å². The molecule has 4 rings (SSSR count). The van der Waals surface area contributed by atoms with Crippen LogP contribution in [0.1, 0.15) is 34.3 Å². The zero-order chi connectivity index (χ0) is 14.9. The number of carbonyl (C=O) groups is 1. The van der Waals surface area contributed by atoms with Crippen molar-refractivity contribution in [3.8, 4) is 0 Å². The third-order valence-electron chi connectivity index (χ3n) is 4.59. The summed E-state index contributed by atoms with van der Waals surface area (Å²) in [4.78, 5) is 18.9. The lowest BCUT2D eigenvalue weighted by Gasteiger charge is -2.34. The van der Waals surface area contributed by atoms with Gasteiger partial charge in [0.1, 0.15) is 11.1 Å². The summed E-state index contributed by atoms with van der Waals surface area (Å²) in [7, 11) is 0. The number of benzene rings is 1.